The van der Waals surface area contributed by atoms with Gasteiger partial charge in [0.15, 0.2) is 0 Å². The number of aryl methyl sites for hydroxylation is 1. The first-order valence-corrected chi connectivity index (χ1v) is 14.2. The molecule has 5 rings (SSSR count). The minimum absolute atomic E-state index is 0.0344. The van der Waals surface area contributed by atoms with E-state index in [-0.39, 0.29) is 17.2 Å². The third kappa shape index (κ3) is 4.91. The summed E-state index contributed by atoms with van der Waals surface area (Å²) in [7, 11) is 0. The second-order valence-electron chi connectivity index (χ2n) is 11.5. The molecule has 4 amide bonds. The van der Waals surface area contributed by atoms with Gasteiger partial charge in [-0.2, -0.15) is 0 Å². The van der Waals surface area contributed by atoms with E-state index in [4.69, 9.17) is 5.73 Å². The number of amides is 4. The van der Waals surface area contributed by atoms with Crippen LogP contribution in [0, 0.1) is 5.92 Å². The summed E-state index contributed by atoms with van der Waals surface area (Å²) in [6.07, 6.45) is 12.7. The van der Waals surface area contributed by atoms with Crippen molar-refractivity contribution in [3.8, 4) is 0 Å². The topological polar surface area (TPSA) is 95.7 Å². The van der Waals surface area contributed by atoms with Gasteiger partial charge >= 0.3 is 6.03 Å². The van der Waals surface area contributed by atoms with E-state index in [2.05, 4.69) is 29.6 Å². The molecule has 0 unspecified atom stereocenters. The largest absolute Gasteiger partial charge is 0.341 e. The molecule has 0 aromatic heterocycles. The van der Waals surface area contributed by atoms with E-state index in [9.17, 15) is 14.4 Å². The average Bonchev–Trinajstić information content (AvgIpc) is 3.40. The van der Waals surface area contributed by atoms with E-state index in [1.54, 1.807) is 0 Å². The number of hydrogen-bond donors (Lipinski definition) is 2. The van der Waals surface area contributed by atoms with Crippen LogP contribution in [0.1, 0.15) is 88.2 Å². The lowest BCUT2D eigenvalue weighted by Gasteiger charge is -2.42. The molecule has 4 aliphatic rings. The number of rotatable bonds is 8. The summed E-state index contributed by atoms with van der Waals surface area (Å²) >= 11 is 0. The summed E-state index contributed by atoms with van der Waals surface area (Å²) in [4.78, 5) is 43.6. The van der Waals surface area contributed by atoms with Crippen LogP contribution in [0.4, 0.5) is 4.79 Å². The van der Waals surface area contributed by atoms with Gasteiger partial charge in [-0.25, -0.2) is 9.69 Å². The molecular formula is C29H42N4O3. The highest BCUT2D eigenvalue weighted by Gasteiger charge is 2.48. The zero-order chi connectivity index (χ0) is 25.1. The molecule has 2 aliphatic heterocycles. The molecule has 0 radical (unpaired) electrons. The summed E-state index contributed by atoms with van der Waals surface area (Å²) in [6.45, 7) is 1.96. The second-order valence-corrected chi connectivity index (χ2v) is 11.5. The molecule has 1 aromatic carbocycles. The van der Waals surface area contributed by atoms with Crippen LogP contribution in [0.5, 0.6) is 0 Å². The molecule has 196 valence electrons. The first-order chi connectivity index (χ1) is 17.5. The number of nitrogens with zero attached hydrogens (tertiary/aromatic N) is 2. The van der Waals surface area contributed by atoms with E-state index in [1.807, 2.05) is 4.90 Å². The number of nitrogens with one attached hydrogen (secondary N) is 1. The fraction of sp³-hybridized carbons (Fsp3) is 0.690. The molecule has 1 aromatic rings. The van der Waals surface area contributed by atoms with Gasteiger partial charge in [0.1, 0.15) is 12.1 Å². The van der Waals surface area contributed by atoms with Gasteiger partial charge in [-0.1, -0.05) is 56.4 Å². The number of piperidine rings is 1. The zero-order valence-corrected chi connectivity index (χ0v) is 21.6. The van der Waals surface area contributed by atoms with Gasteiger partial charge in [-0.05, 0) is 80.4 Å². The highest BCUT2D eigenvalue weighted by molar-refractivity contribution is 6.07. The third-order valence-electron chi connectivity index (χ3n) is 9.37. The summed E-state index contributed by atoms with van der Waals surface area (Å²) in [5.74, 6) is 0.125. The standard InChI is InChI=1S/C29H42N4O3/c30-17-7-6-12-24-26(34)33(28(36)31-24)25(20-21-8-2-1-3-9-21)27(35)32-18-15-29(16-19-32)14-13-22-10-4-5-11-23(22)29/h4-5,10-11,21,24-25H,1-3,6-9,12-20,30H2,(H,31,36)/t24-,25-/m1/s1. The van der Waals surface area contributed by atoms with Crippen molar-refractivity contribution in [2.75, 3.05) is 19.6 Å². The van der Waals surface area contributed by atoms with Gasteiger partial charge in [-0.3, -0.25) is 9.59 Å². The lowest BCUT2D eigenvalue weighted by molar-refractivity contribution is -0.144. The van der Waals surface area contributed by atoms with Gasteiger partial charge in [0.25, 0.3) is 5.91 Å². The Balaban J connectivity index is 1.31. The number of benzene rings is 1. The number of fused-ring (bicyclic) bond motifs is 2. The quantitative estimate of drug-likeness (QED) is 0.423. The van der Waals surface area contributed by atoms with Crippen molar-refractivity contribution in [1.29, 1.82) is 0 Å². The van der Waals surface area contributed by atoms with Crippen LogP contribution >= 0.6 is 0 Å². The van der Waals surface area contributed by atoms with Crippen LogP contribution in [0.2, 0.25) is 0 Å². The number of urea groups is 1. The van der Waals surface area contributed by atoms with Gasteiger partial charge in [0.05, 0.1) is 0 Å². The van der Waals surface area contributed by atoms with Crippen molar-refractivity contribution in [2.45, 2.75) is 101 Å². The lowest BCUT2D eigenvalue weighted by Crippen LogP contribution is -2.55. The van der Waals surface area contributed by atoms with E-state index < -0.39 is 18.1 Å². The minimum atomic E-state index is -0.690. The molecule has 1 saturated carbocycles. The van der Waals surface area contributed by atoms with Crippen LogP contribution in [-0.2, 0) is 21.4 Å². The monoisotopic (exact) mass is 494 g/mol. The Morgan fingerprint density at radius 2 is 1.81 bits per heavy atom. The SMILES string of the molecule is NCCCC[C@H]1NC(=O)N([C@H](CC2CCCCC2)C(=O)N2CCC3(CCc4ccccc43)CC2)C1=O. The average molecular weight is 495 g/mol. The number of carbonyl (C=O) groups is 3. The highest BCUT2D eigenvalue weighted by atomic mass is 16.2. The maximum atomic E-state index is 14.0. The number of hydrogen-bond acceptors (Lipinski definition) is 4. The molecule has 3 N–H and O–H groups in total. The van der Waals surface area contributed by atoms with Crippen molar-refractivity contribution in [3.63, 3.8) is 0 Å². The predicted molar refractivity (Wildman–Crippen MR) is 139 cm³/mol. The van der Waals surface area contributed by atoms with E-state index in [0.29, 0.717) is 38.4 Å². The van der Waals surface area contributed by atoms with Gasteiger partial charge in [0, 0.05) is 13.1 Å². The fourth-order valence-corrected chi connectivity index (χ4v) is 7.24. The van der Waals surface area contributed by atoms with Crippen molar-refractivity contribution < 1.29 is 14.4 Å². The smallest absolute Gasteiger partial charge is 0.325 e. The third-order valence-corrected chi connectivity index (χ3v) is 9.37. The number of imide groups is 1. The zero-order valence-electron chi connectivity index (χ0n) is 21.6. The molecule has 2 aliphatic carbocycles. The first kappa shape index (κ1) is 25.2. The van der Waals surface area contributed by atoms with E-state index in [1.165, 1.54) is 35.3 Å². The Morgan fingerprint density at radius 1 is 1.06 bits per heavy atom. The number of likely N-dealkylation sites (tertiary alicyclic amines) is 1. The molecular weight excluding hydrogens is 452 g/mol. The normalized spacial score (nSPS) is 24.8. The molecule has 2 atom stereocenters. The second kappa shape index (κ2) is 10.9. The molecule has 36 heavy (non-hydrogen) atoms. The van der Waals surface area contributed by atoms with Crippen LogP contribution in [-0.4, -0.2) is 59.4 Å². The van der Waals surface area contributed by atoms with Gasteiger partial charge in [-0.15, -0.1) is 0 Å². The molecule has 1 spiro atoms. The Morgan fingerprint density at radius 3 is 2.56 bits per heavy atom. The minimum Gasteiger partial charge on any atom is -0.341 e. The van der Waals surface area contributed by atoms with Crippen LogP contribution < -0.4 is 11.1 Å². The highest BCUT2D eigenvalue weighted by Crippen LogP contribution is 2.46. The van der Waals surface area contributed by atoms with Gasteiger partial charge in [0.2, 0.25) is 5.91 Å². The van der Waals surface area contributed by atoms with Crippen LogP contribution in [0.25, 0.3) is 0 Å². The molecule has 7 nitrogen and oxygen atoms in total. The van der Waals surface area contributed by atoms with Crippen molar-refractivity contribution in [3.05, 3.63) is 35.4 Å². The van der Waals surface area contributed by atoms with Gasteiger partial charge < -0.3 is 16.0 Å². The molecule has 0 bridgehead atoms. The Bertz CT molecular complexity index is 965. The summed E-state index contributed by atoms with van der Waals surface area (Å²) in [5, 5.41) is 2.86. The van der Waals surface area contributed by atoms with E-state index in [0.717, 1.165) is 51.4 Å². The molecule has 7 heteroatoms. The van der Waals surface area contributed by atoms with Crippen LogP contribution in [0.3, 0.4) is 0 Å². The Kier molecular flexibility index (Phi) is 7.65. The lowest BCUT2D eigenvalue weighted by atomic mass is 9.73. The fourth-order valence-electron chi connectivity index (χ4n) is 7.24. The number of carbonyl (C=O) groups excluding carboxylic acids is 3. The maximum Gasteiger partial charge on any atom is 0.325 e. The Labute approximate surface area is 215 Å². The number of unbranched alkanes of at least 4 members (excludes halogenated alkanes) is 1. The summed E-state index contributed by atoms with van der Waals surface area (Å²) in [5.41, 5.74) is 8.70. The Hall–Kier alpha value is -2.41. The predicted octanol–water partition coefficient (Wildman–Crippen LogP) is 3.88. The summed E-state index contributed by atoms with van der Waals surface area (Å²) < 4.78 is 0. The molecule has 2 saturated heterocycles. The summed E-state index contributed by atoms with van der Waals surface area (Å²) in [6, 6.07) is 7.13. The molecule has 3 fully saturated rings. The number of nitrogens with two attached hydrogens (primary N) is 1. The van der Waals surface area contributed by atoms with Crippen molar-refractivity contribution >= 4 is 17.8 Å². The van der Waals surface area contributed by atoms with E-state index >= 15 is 0 Å². The van der Waals surface area contributed by atoms with Crippen molar-refractivity contribution in [2.24, 2.45) is 11.7 Å². The molecule has 2 heterocycles. The maximum absolute atomic E-state index is 14.0. The van der Waals surface area contributed by atoms with Crippen molar-refractivity contribution in [1.82, 2.24) is 15.1 Å². The first-order valence-electron chi connectivity index (χ1n) is 14.2. The van der Waals surface area contributed by atoms with Crippen LogP contribution in [0.15, 0.2) is 24.3 Å².